The maximum absolute atomic E-state index is 12.4. The Labute approximate surface area is 152 Å². The minimum atomic E-state index is -0.484. The second-order valence-electron chi connectivity index (χ2n) is 5.36. The van der Waals surface area contributed by atoms with Crippen LogP contribution in [0.25, 0.3) is 22.6 Å². The highest BCUT2D eigenvalue weighted by molar-refractivity contribution is 6.30. The van der Waals surface area contributed by atoms with Crippen molar-refractivity contribution < 1.29 is 13.9 Å². The Morgan fingerprint density at radius 1 is 0.923 bits per heavy atom. The molecule has 1 amide bonds. The summed E-state index contributed by atoms with van der Waals surface area (Å²) in [7, 11) is 0. The third kappa shape index (κ3) is 3.20. The van der Waals surface area contributed by atoms with Gasteiger partial charge >= 0.3 is 0 Å². The molecule has 0 radical (unpaired) electrons. The first kappa shape index (κ1) is 16.0. The van der Waals surface area contributed by atoms with Crippen molar-refractivity contribution in [2.75, 3.05) is 5.32 Å². The Balaban J connectivity index is 1.56. The Morgan fingerprint density at radius 2 is 1.69 bits per heavy atom. The lowest BCUT2D eigenvalue weighted by Gasteiger charge is -2.00. The molecule has 4 rings (SSSR count). The quantitative estimate of drug-likeness (QED) is 0.578. The largest absolute Gasteiger partial charge is 0.355 e. The van der Waals surface area contributed by atoms with Crippen molar-refractivity contribution in [1.29, 1.82) is 0 Å². The number of hydrogen-bond acceptors (Lipinski definition) is 6. The summed E-state index contributed by atoms with van der Waals surface area (Å²) in [5.41, 5.74) is 2.04. The number of carbonyl (C=O) groups excluding carboxylic acids is 1. The van der Waals surface area contributed by atoms with E-state index in [1.54, 1.807) is 30.3 Å². The van der Waals surface area contributed by atoms with E-state index in [-0.39, 0.29) is 11.5 Å². The molecular formula is C18H11ClN4O3. The van der Waals surface area contributed by atoms with Crippen molar-refractivity contribution in [3.63, 3.8) is 0 Å². The molecule has 2 aromatic carbocycles. The van der Waals surface area contributed by atoms with E-state index in [0.29, 0.717) is 22.0 Å². The van der Waals surface area contributed by atoms with Gasteiger partial charge in [-0.25, -0.2) is 4.63 Å². The zero-order valence-corrected chi connectivity index (χ0v) is 14.0. The topological polar surface area (TPSA) is 94.1 Å². The van der Waals surface area contributed by atoms with Crippen molar-refractivity contribution in [1.82, 2.24) is 15.5 Å². The molecule has 0 spiro atoms. The average Bonchev–Trinajstić information content (AvgIpc) is 3.33. The third-order valence-electron chi connectivity index (χ3n) is 3.64. The smallest absolute Gasteiger partial charge is 0.279 e. The van der Waals surface area contributed by atoms with Crippen LogP contribution >= 0.6 is 11.6 Å². The number of nitrogens with one attached hydrogen (secondary N) is 1. The molecule has 128 valence electrons. The molecule has 0 atom stereocenters. The standard InChI is InChI=1S/C18H11ClN4O3/c19-13-8-6-12(7-9-13)16-17(23-26-22-16)20-18(24)14-10-15(25-21-14)11-4-2-1-3-5-11/h1-10H,(H,20,23,24). The Hall–Kier alpha value is -3.45. The molecule has 0 unspecified atom stereocenters. The van der Waals surface area contributed by atoms with Crippen LogP contribution in [-0.4, -0.2) is 21.4 Å². The molecule has 0 bridgehead atoms. The number of rotatable bonds is 4. The fourth-order valence-electron chi connectivity index (χ4n) is 2.36. The number of benzene rings is 2. The van der Waals surface area contributed by atoms with Crippen molar-refractivity contribution in [3.8, 4) is 22.6 Å². The fourth-order valence-corrected chi connectivity index (χ4v) is 2.49. The van der Waals surface area contributed by atoms with Gasteiger partial charge in [0.1, 0.15) is 0 Å². The predicted octanol–water partition coefficient (Wildman–Crippen LogP) is 4.30. The van der Waals surface area contributed by atoms with Crippen LogP contribution in [0.3, 0.4) is 0 Å². The van der Waals surface area contributed by atoms with Gasteiger partial charge < -0.3 is 9.84 Å². The molecule has 0 aliphatic carbocycles. The number of halogens is 1. The first-order chi connectivity index (χ1) is 12.7. The van der Waals surface area contributed by atoms with Gasteiger partial charge in [-0.1, -0.05) is 59.2 Å². The molecular weight excluding hydrogens is 356 g/mol. The van der Waals surface area contributed by atoms with Gasteiger partial charge in [-0.15, -0.1) is 0 Å². The zero-order valence-electron chi connectivity index (χ0n) is 13.2. The van der Waals surface area contributed by atoms with Gasteiger partial charge in [-0.05, 0) is 22.4 Å². The molecule has 4 aromatic rings. The van der Waals surface area contributed by atoms with Gasteiger partial charge in [0, 0.05) is 22.2 Å². The SMILES string of the molecule is O=C(Nc1nonc1-c1ccc(Cl)cc1)c1cc(-c2ccccc2)on1. The van der Waals surface area contributed by atoms with E-state index in [4.69, 9.17) is 20.8 Å². The molecule has 0 saturated carbocycles. The first-order valence-electron chi connectivity index (χ1n) is 7.63. The van der Waals surface area contributed by atoms with E-state index < -0.39 is 5.91 Å². The summed E-state index contributed by atoms with van der Waals surface area (Å²) in [6.45, 7) is 0. The lowest BCUT2D eigenvalue weighted by atomic mass is 10.1. The molecule has 26 heavy (non-hydrogen) atoms. The number of nitrogens with zero attached hydrogens (tertiary/aromatic N) is 3. The van der Waals surface area contributed by atoms with Crippen LogP contribution in [0.2, 0.25) is 5.02 Å². The van der Waals surface area contributed by atoms with Gasteiger partial charge in [-0.3, -0.25) is 4.79 Å². The maximum Gasteiger partial charge on any atom is 0.279 e. The predicted molar refractivity (Wildman–Crippen MR) is 94.6 cm³/mol. The maximum atomic E-state index is 12.4. The summed E-state index contributed by atoms with van der Waals surface area (Å²) in [5, 5.41) is 14.6. The number of anilines is 1. The average molecular weight is 367 g/mol. The zero-order chi connectivity index (χ0) is 17.9. The second kappa shape index (κ2) is 6.81. The van der Waals surface area contributed by atoms with Gasteiger partial charge in [-0.2, -0.15) is 0 Å². The van der Waals surface area contributed by atoms with Crippen LogP contribution < -0.4 is 5.32 Å². The summed E-state index contributed by atoms with van der Waals surface area (Å²) in [4.78, 5) is 12.4. The Bertz CT molecular complexity index is 1040. The van der Waals surface area contributed by atoms with E-state index in [1.165, 1.54) is 0 Å². The monoisotopic (exact) mass is 366 g/mol. The molecule has 7 nitrogen and oxygen atoms in total. The Morgan fingerprint density at radius 3 is 2.46 bits per heavy atom. The van der Waals surface area contributed by atoms with Gasteiger partial charge in [0.25, 0.3) is 5.91 Å². The lowest BCUT2D eigenvalue weighted by molar-refractivity contribution is 0.101. The normalized spacial score (nSPS) is 10.7. The third-order valence-corrected chi connectivity index (χ3v) is 3.89. The van der Waals surface area contributed by atoms with Crippen molar-refractivity contribution in [3.05, 3.63) is 71.4 Å². The van der Waals surface area contributed by atoms with Gasteiger partial charge in [0.2, 0.25) is 5.82 Å². The number of amides is 1. The van der Waals surface area contributed by atoms with E-state index in [2.05, 4.69) is 20.8 Å². The molecule has 1 N–H and O–H groups in total. The lowest BCUT2D eigenvalue weighted by Crippen LogP contribution is -2.13. The number of hydrogen-bond donors (Lipinski definition) is 1. The van der Waals surface area contributed by atoms with E-state index in [1.807, 2.05) is 30.3 Å². The summed E-state index contributed by atoms with van der Waals surface area (Å²) in [6.07, 6.45) is 0. The van der Waals surface area contributed by atoms with Crippen LogP contribution in [0.1, 0.15) is 10.5 Å². The molecule has 0 fully saturated rings. The summed E-state index contributed by atoms with van der Waals surface area (Å²) in [6, 6.07) is 17.8. The van der Waals surface area contributed by atoms with Gasteiger partial charge in [0.05, 0.1) is 0 Å². The molecule has 2 aromatic heterocycles. The summed E-state index contributed by atoms with van der Waals surface area (Å²) >= 11 is 5.88. The first-order valence-corrected chi connectivity index (χ1v) is 8.00. The Kier molecular flexibility index (Phi) is 4.20. The van der Waals surface area contributed by atoms with Crippen molar-refractivity contribution in [2.24, 2.45) is 0 Å². The molecule has 0 saturated heterocycles. The fraction of sp³-hybridized carbons (Fsp3) is 0. The summed E-state index contributed by atoms with van der Waals surface area (Å²) in [5.74, 6) is 0.190. The highest BCUT2D eigenvalue weighted by Crippen LogP contribution is 2.26. The molecule has 0 aliphatic rings. The molecule has 8 heteroatoms. The van der Waals surface area contributed by atoms with Crippen LogP contribution in [-0.2, 0) is 0 Å². The van der Waals surface area contributed by atoms with Gasteiger partial charge in [0.15, 0.2) is 17.1 Å². The van der Waals surface area contributed by atoms with Crippen LogP contribution in [0, 0.1) is 0 Å². The summed E-state index contributed by atoms with van der Waals surface area (Å²) < 4.78 is 9.98. The van der Waals surface area contributed by atoms with Crippen molar-refractivity contribution in [2.45, 2.75) is 0 Å². The number of aromatic nitrogens is 3. The van der Waals surface area contributed by atoms with Crippen LogP contribution in [0.15, 0.2) is 69.8 Å². The van der Waals surface area contributed by atoms with E-state index in [9.17, 15) is 4.79 Å². The van der Waals surface area contributed by atoms with E-state index >= 15 is 0 Å². The van der Waals surface area contributed by atoms with Crippen LogP contribution in [0.4, 0.5) is 5.82 Å². The minimum Gasteiger partial charge on any atom is -0.355 e. The second-order valence-corrected chi connectivity index (χ2v) is 5.80. The van der Waals surface area contributed by atoms with E-state index in [0.717, 1.165) is 5.56 Å². The molecule has 0 aliphatic heterocycles. The van der Waals surface area contributed by atoms with Crippen LogP contribution in [0.5, 0.6) is 0 Å². The minimum absolute atomic E-state index is 0.119. The highest BCUT2D eigenvalue weighted by atomic mass is 35.5. The highest BCUT2D eigenvalue weighted by Gasteiger charge is 2.19. The van der Waals surface area contributed by atoms with Crippen molar-refractivity contribution >= 4 is 23.3 Å². The number of carbonyl (C=O) groups is 1. The molecule has 2 heterocycles.